The van der Waals surface area contributed by atoms with Crippen LogP contribution in [0.25, 0.3) is 11.1 Å². The summed E-state index contributed by atoms with van der Waals surface area (Å²) in [6.07, 6.45) is -12.3. The Morgan fingerprint density at radius 2 is 1.47 bits per heavy atom. The summed E-state index contributed by atoms with van der Waals surface area (Å²) < 4.78 is 125. The van der Waals surface area contributed by atoms with Crippen molar-refractivity contribution in [1.82, 2.24) is 0 Å². The second-order valence-electron chi connectivity index (χ2n) is 8.07. The van der Waals surface area contributed by atoms with Crippen LogP contribution in [0.2, 0.25) is 0 Å². The van der Waals surface area contributed by atoms with Crippen LogP contribution in [0.5, 0.6) is 0 Å². The molecule has 6 nitrogen and oxygen atoms in total. The van der Waals surface area contributed by atoms with E-state index >= 15 is 0 Å². The molecule has 38 heavy (non-hydrogen) atoms. The molecule has 0 unspecified atom stereocenters. The number of sulfonamides is 1. The van der Waals surface area contributed by atoms with E-state index in [1.165, 1.54) is 36.4 Å². The Labute approximate surface area is 211 Å². The second kappa shape index (κ2) is 10.6. The number of halogens is 7. The maximum absolute atomic E-state index is 14.6. The normalized spacial score (nSPS) is 12.7. The molecule has 0 radical (unpaired) electrons. The SMILES string of the molecule is O=COCc1cccc(CS(=O)(=O)Nc2ccc(-c3ccc(C(O)(C(F)(F)F)C(F)(F)F)cc3F)cc2)c1. The van der Waals surface area contributed by atoms with E-state index in [1.54, 1.807) is 12.1 Å². The van der Waals surface area contributed by atoms with Gasteiger partial charge in [0.15, 0.2) is 0 Å². The first-order valence-electron chi connectivity index (χ1n) is 10.5. The van der Waals surface area contributed by atoms with Crippen molar-refractivity contribution in [2.24, 2.45) is 0 Å². The zero-order valence-electron chi connectivity index (χ0n) is 19.0. The van der Waals surface area contributed by atoms with Gasteiger partial charge >= 0.3 is 12.4 Å². The number of hydrogen-bond acceptors (Lipinski definition) is 5. The summed E-state index contributed by atoms with van der Waals surface area (Å²) in [5, 5.41) is 9.44. The highest BCUT2D eigenvalue weighted by Gasteiger charge is 2.71. The lowest BCUT2D eigenvalue weighted by atomic mass is 9.90. The number of rotatable bonds is 9. The Hall–Kier alpha value is -3.65. The highest BCUT2D eigenvalue weighted by Crippen LogP contribution is 2.50. The molecule has 0 spiro atoms. The Morgan fingerprint density at radius 3 is 2.03 bits per heavy atom. The number of anilines is 1. The van der Waals surface area contributed by atoms with Crippen molar-refractivity contribution in [1.29, 1.82) is 0 Å². The first-order valence-corrected chi connectivity index (χ1v) is 12.1. The molecule has 14 heteroatoms. The Morgan fingerprint density at radius 1 is 0.868 bits per heavy atom. The smallest absolute Gasteiger partial charge is 0.430 e. The summed E-state index contributed by atoms with van der Waals surface area (Å²) in [4.78, 5) is 10.3. The third kappa shape index (κ3) is 6.25. The fourth-order valence-corrected chi connectivity index (χ4v) is 4.74. The number of hydrogen-bond donors (Lipinski definition) is 2. The first-order chi connectivity index (χ1) is 17.6. The summed E-state index contributed by atoms with van der Waals surface area (Å²) >= 11 is 0. The third-order valence-electron chi connectivity index (χ3n) is 5.34. The fourth-order valence-electron chi connectivity index (χ4n) is 3.55. The largest absolute Gasteiger partial charge is 0.463 e. The average molecular weight is 565 g/mol. The van der Waals surface area contributed by atoms with Gasteiger partial charge < -0.3 is 9.84 Å². The third-order valence-corrected chi connectivity index (χ3v) is 6.60. The molecular formula is C24H18F7NO5S. The van der Waals surface area contributed by atoms with E-state index in [9.17, 15) is 49.1 Å². The van der Waals surface area contributed by atoms with Crippen LogP contribution < -0.4 is 4.72 Å². The molecule has 0 amide bonds. The van der Waals surface area contributed by atoms with Crippen molar-refractivity contribution in [3.8, 4) is 11.1 Å². The Kier molecular flexibility index (Phi) is 8.07. The van der Waals surface area contributed by atoms with Gasteiger partial charge in [0.2, 0.25) is 10.0 Å². The number of ether oxygens (including phenoxy) is 1. The summed E-state index contributed by atoms with van der Waals surface area (Å²) in [7, 11) is -3.94. The van der Waals surface area contributed by atoms with E-state index in [-0.39, 0.29) is 36.0 Å². The molecule has 0 aliphatic heterocycles. The van der Waals surface area contributed by atoms with E-state index in [2.05, 4.69) is 9.46 Å². The van der Waals surface area contributed by atoms with Gasteiger partial charge in [-0.3, -0.25) is 9.52 Å². The molecule has 3 rings (SSSR count). The molecular weight excluding hydrogens is 547 g/mol. The summed E-state index contributed by atoms with van der Waals surface area (Å²) in [6.45, 7) is 0.204. The zero-order valence-corrected chi connectivity index (χ0v) is 19.8. The van der Waals surface area contributed by atoms with Crippen molar-refractivity contribution in [2.45, 2.75) is 30.3 Å². The predicted molar refractivity (Wildman–Crippen MR) is 121 cm³/mol. The summed E-state index contributed by atoms with van der Waals surface area (Å²) in [5.74, 6) is -1.91. The maximum Gasteiger partial charge on any atom is 0.430 e. The standard InChI is InChI=1S/C24H18F7NO5S/c25-21-11-18(22(34,23(26,27)28)24(29,30)31)6-9-20(21)17-4-7-19(8-5-17)32-38(35,36)13-16-3-1-2-15(10-16)12-37-14-33/h1-11,14,32,34H,12-13H2. The number of alkyl halides is 6. The molecule has 3 aromatic carbocycles. The minimum absolute atomic E-state index is 0.0161. The lowest BCUT2D eigenvalue weighted by molar-refractivity contribution is -0.376. The molecule has 0 atom stereocenters. The van der Waals surface area contributed by atoms with Gasteiger partial charge in [0.05, 0.1) is 5.75 Å². The summed E-state index contributed by atoms with van der Waals surface area (Å²) in [5.41, 5.74) is -6.39. The van der Waals surface area contributed by atoms with Crippen molar-refractivity contribution in [3.63, 3.8) is 0 Å². The first kappa shape index (κ1) is 28.9. The molecule has 0 aliphatic rings. The highest BCUT2D eigenvalue weighted by molar-refractivity contribution is 7.91. The van der Waals surface area contributed by atoms with Crippen molar-refractivity contribution < 1.29 is 53.8 Å². The highest BCUT2D eigenvalue weighted by atomic mass is 32.2. The molecule has 0 saturated carbocycles. The van der Waals surface area contributed by atoms with Gasteiger partial charge in [0.1, 0.15) is 12.4 Å². The molecule has 2 N–H and O–H groups in total. The molecule has 0 saturated heterocycles. The lowest BCUT2D eigenvalue weighted by Gasteiger charge is -2.32. The molecule has 0 fully saturated rings. The maximum atomic E-state index is 14.6. The minimum atomic E-state index is -6.16. The number of carbonyl (C=O) groups is 1. The van der Waals surface area contributed by atoms with Crippen molar-refractivity contribution in [2.75, 3.05) is 4.72 Å². The van der Waals surface area contributed by atoms with Gasteiger partial charge in [-0.05, 0) is 34.9 Å². The quantitative estimate of drug-likeness (QED) is 0.267. The minimum Gasteiger partial charge on any atom is -0.463 e. The molecule has 3 aromatic rings. The van der Waals surface area contributed by atoms with Gasteiger partial charge in [-0.1, -0.05) is 48.5 Å². The van der Waals surface area contributed by atoms with E-state index in [0.717, 1.165) is 0 Å². The molecule has 0 bridgehead atoms. The summed E-state index contributed by atoms with van der Waals surface area (Å²) in [6, 6.07) is 12.0. The molecule has 0 heterocycles. The van der Waals surface area contributed by atoms with Gasteiger partial charge in [-0.2, -0.15) is 26.3 Å². The van der Waals surface area contributed by atoms with Crippen LogP contribution in [0.4, 0.5) is 36.4 Å². The van der Waals surface area contributed by atoms with Crippen LogP contribution in [0.1, 0.15) is 16.7 Å². The van der Waals surface area contributed by atoms with Crippen LogP contribution in [-0.4, -0.2) is 32.3 Å². The monoisotopic (exact) mass is 565 g/mol. The zero-order chi connectivity index (χ0) is 28.4. The lowest BCUT2D eigenvalue weighted by Crippen LogP contribution is -2.53. The van der Waals surface area contributed by atoms with Crippen LogP contribution in [0, 0.1) is 5.82 Å². The second-order valence-corrected chi connectivity index (χ2v) is 9.79. The van der Waals surface area contributed by atoms with Crippen LogP contribution in [0.3, 0.4) is 0 Å². The van der Waals surface area contributed by atoms with Crippen LogP contribution in [0.15, 0.2) is 66.7 Å². The number of nitrogens with one attached hydrogen (secondary N) is 1. The van der Waals surface area contributed by atoms with E-state index in [0.29, 0.717) is 23.3 Å². The Bertz CT molecular complexity index is 1390. The van der Waals surface area contributed by atoms with Gasteiger partial charge in [-0.25, -0.2) is 12.8 Å². The van der Waals surface area contributed by atoms with Gasteiger partial charge in [0.25, 0.3) is 12.1 Å². The van der Waals surface area contributed by atoms with Gasteiger partial charge in [-0.15, -0.1) is 0 Å². The Balaban J connectivity index is 1.80. The molecule has 0 aromatic heterocycles. The van der Waals surface area contributed by atoms with Crippen molar-refractivity contribution in [3.05, 3.63) is 89.2 Å². The van der Waals surface area contributed by atoms with Crippen LogP contribution >= 0.6 is 0 Å². The molecule has 0 aliphatic carbocycles. The van der Waals surface area contributed by atoms with E-state index in [4.69, 9.17) is 0 Å². The van der Waals surface area contributed by atoms with Crippen molar-refractivity contribution >= 4 is 22.2 Å². The van der Waals surface area contributed by atoms with Crippen LogP contribution in [-0.2, 0) is 37.5 Å². The molecule has 204 valence electrons. The average Bonchev–Trinajstić information content (AvgIpc) is 2.81. The number of benzene rings is 3. The van der Waals surface area contributed by atoms with E-state index in [1.807, 2.05) is 0 Å². The fraction of sp³-hybridized carbons (Fsp3) is 0.208. The number of aliphatic hydroxyl groups is 1. The predicted octanol–water partition coefficient (Wildman–Crippen LogP) is 5.42. The number of carbonyl (C=O) groups excluding carboxylic acids is 1. The topological polar surface area (TPSA) is 92.7 Å². The van der Waals surface area contributed by atoms with Gasteiger partial charge in [0, 0.05) is 16.8 Å². The van der Waals surface area contributed by atoms with E-state index < -0.39 is 45.1 Å².